The maximum absolute atomic E-state index is 4.19. The van der Waals surface area contributed by atoms with Gasteiger partial charge in [-0.25, -0.2) is 9.97 Å². The van der Waals surface area contributed by atoms with E-state index in [2.05, 4.69) is 41.4 Å². The molecule has 0 unspecified atom stereocenters. The molecule has 0 aliphatic heterocycles. The first-order chi connectivity index (χ1) is 7.81. The molecule has 6 heteroatoms. The van der Waals surface area contributed by atoms with Crippen LogP contribution in [0.2, 0.25) is 0 Å². The minimum Gasteiger partial charge on any atom is -0.323 e. The molecule has 82 valence electrons. The highest BCUT2D eigenvalue weighted by Gasteiger charge is 2.25. The predicted molar refractivity (Wildman–Crippen MR) is 63.6 cm³/mol. The summed E-state index contributed by atoms with van der Waals surface area (Å²) < 4.78 is 0.565. The van der Waals surface area contributed by atoms with Crippen LogP contribution in [0.3, 0.4) is 0 Å². The highest BCUT2D eigenvalue weighted by molar-refractivity contribution is 9.10. The Kier molecular flexibility index (Phi) is 2.36. The summed E-state index contributed by atoms with van der Waals surface area (Å²) >= 11 is 3.22. The Morgan fingerprint density at radius 3 is 3.00 bits per heavy atom. The SMILES string of the molecule is Brc1nccc(Nc2cc(C3CC3)[nH]n2)n1. The molecule has 3 rings (SSSR count). The van der Waals surface area contributed by atoms with Gasteiger partial charge in [0.05, 0.1) is 0 Å². The molecule has 0 aromatic carbocycles. The molecular formula is C10H10BrN5. The zero-order chi connectivity index (χ0) is 11.0. The van der Waals surface area contributed by atoms with Gasteiger partial charge in [0.25, 0.3) is 0 Å². The lowest BCUT2D eigenvalue weighted by atomic mass is 10.3. The number of H-pyrrole nitrogens is 1. The van der Waals surface area contributed by atoms with Gasteiger partial charge in [0.15, 0.2) is 10.6 Å². The number of aromatic nitrogens is 4. The van der Waals surface area contributed by atoms with Crippen molar-refractivity contribution in [1.82, 2.24) is 20.2 Å². The van der Waals surface area contributed by atoms with Gasteiger partial charge in [-0.15, -0.1) is 0 Å². The van der Waals surface area contributed by atoms with E-state index in [-0.39, 0.29) is 0 Å². The summed E-state index contributed by atoms with van der Waals surface area (Å²) in [5.41, 5.74) is 1.20. The lowest BCUT2D eigenvalue weighted by molar-refractivity contribution is 0.966. The van der Waals surface area contributed by atoms with E-state index < -0.39 is 0 Å². The maximum Gasteiger partial charge on any atom is 0.198 e. The molecule has 1 saturated carbocycles. The second-order valence-corrected chi connectivity index (χ2v) is 4.53. The van der Waals surface area contributed by atoms with Gasteiger partial charge in [-0.2, -0.15) is 5.10 Å². The summed E-state index contributed by atoms with van der Waals surface area (Å²) in [5, 5.41) is 10.3. The molecule has 0 saturated heterocycles. The van der Waals surface area contributed by atoms with Crippen LogP contribution in [0.5, 0.6) is 0 Å². The summed E-state index contributed by atoms with van der Waals surface area (Å²) in [7, 11) is 0. The molecule has 0 radical (unpaired) electrons. The van der Waals surface area contributed by atoms with E-state index >= 15 is 0 Å². The van der Waals surface area contributed by atoms with Gasteiger partial charge in [0.1, 0.15) is 5.82 Å². The standard InChI is InChI=1S/C10H10BrN5/c11-10-12-4-3-8(14-10)13-9-5-7(15-16-9)6-1-2-6/h3-6H,1-2H2,(H2,12,13,14,15,16). The summed E-state index contributed by atoms with van der Waals surface area (Å²) in [4.78, 5) is 8.14. The number of hydrogen-bond acceptors (Lipinski definition) is 4. The van der Waals surface area contributed by atoms with Crippen LogP contribution in [0.15, 0.2) is 23.1 Å². The van der Waals surface area contributed by atoms with Gasteiger partial charge < -0.3 is 5.32 Å². The topological polar surface area (TPSA) is 66.5 Å². The van der Waals surface area contributed by atoms with E-state index in [1.807, 2.05) is 6.07 Å². The molecule has 2 N–H and O–H groups in total. The Labute approximate surface area is 101 Å². The smallest absolute Gasteiger partial charge is 0.198 e. The van der Waals surface area contributed by atoms with Crippen LogP contribution >= 0.6 is 15.9 Å². The molecule has 1 aliphatic rings. The van der Waals surface area contributed by atoms with Crippen molar-refractivity contribution in [2.75, 3.05) is 5.32 Å². The summed E-state index contributed by atoms with van der Waals surface area (Å²) in [5.74, 6) is 2.21. The Morgan fingerprint density at radius 1 is 1.38 bits per heavy atom. The van der Waals surface area contributed by atoms with Gasteiger partial charge in [0.2, 0.25) is 0 Å². The number of nitrogens with zero attached hydrogens (tertiary/aromatic N) is 3. The number of halogens is 1. The number of aromatic amines is 1. The Morgan fingerprint density at radius 2 is 2.25 bits per heavy atom. The Hall–Kier alpha value is -1.43. The Balaban J connectivity index is 1.77. The first-order valence-electron chi connectivity index (χ1n) is 5.12. The molecule has 2 heterocycles. The zero-order valence-electron chi connectivity index (χ0n) is 8.44. The predicted octanol–water partition coefficient (Wildman–Crippen LogP) is 2.58. The van der Waals surface area contributed by atoms with E-state index in [9.17, 15) is 0 Å². The third-order valence-electron chi connectivity index (χ3n) is 2.50. The Bertz CT molecular complexity index is 505. The molecule has 5 nitrogen and oxygen atoms in total. The molecule has 2 aromatic heterocycles. The number of rotatable bonds is 3. The normalized spacial score (nSPS) is 15.1. The number of hydrogen-bond donors (Lipinski definition) is 2. The van der Waals surface area contributed by atoms with Crippen LogP contribution in [-0.2, 0) is 0 Å². The molecule has 1 aliphatic carbocycles. The van der Waals surface area contributed by atoms with Crippen molar-refractivity contribution in [3.8, 4) is 0 Å². The second-order valence-electron chi connectivity index (χ2n) is 3.82. The lowest BCUT2D eigenvalue weighted by Gasteiger charge is -2.00. The van der Waals surface area contributed by atoms with E-state index in [1.165, 1.54) is 18.5 Å². The molecule has 2 aromatic rings. The average molecular weight is 280 g/mol. The zero-order valence-corrected chi connectivity index (χ0v) is 10.0. The van der Waals surface area contributed by atoms with Crippen molar-refractivity contribution in [1.29, 1.82) is 0 Å². The average Bonchev–Trinajstić information content (AvgIpc) is 3.01. The molecule has 1 fully saturated rings. The van der Waals surface area contributed by atoms with Gasteiger partial charge in [0, 0.05) is 23.9 Å². The minimum absolute atomic E-state index is 0.565. The summed E-state index contributed by atoms with van der Waals surface area (Å²) in [6, 6.07) is 3.84. The number of nitrogens with one attached hydrogen (secondary N) is 2. The fraction of sp³-hybridized carbons (Fsp3) is 0.300. The van der Waals surface area contributed by atoms with E-state index in [1.54, 1.807) is 12.3 Å². The van der Waals surface area contributed by atoms with E-state index in [4.69, 9.17) is 0 Å². The molecule has 0 spiro atoms. The summed E-state index contributed by atoms with van der Waals surface area (Å²) in [6.45, 7) is 0. The molecule has 0 amide bonds. The van der Waals surface area contributed by atoms with E-state index in [0.29, 0.717) is 10.7 Å². The highest BCUT2D eigenvalue weighted by atomic mass is 79.9. The van der Waals surface area contributed by atoms with Crippen molar-refractivity contribution in [3.05, 3.63) is 28.8 Å². The van der Waals surface area contributed by atoms with Gasteiger partial charge in [-0.3, -0.25) is 5.10 Å². The van der Waals surface area contributed by atoms with Gasteiger partial charge >= 0.3 is 0 Å². The third-order valence-corrected chi connectivity index (χ3v) is 2.88. The largest absolute Gasteiger partial charge is 0.323 e. The second kappa shape index (κ2) is 3.86. The van der Waals surface area contributed by atoms with Crippen LogP contribution < -0.4 is 5.32 Å². The molecule has 0 atom stereocenters. The highest BCUT2D eigenvalue weighted by Crippen LogP contribution is 2.39. The first-order valence-corrected chi connectivity index (χ1v) is 5.91. The van der Waals surface area contributed by atoms with Crippen molar-refractivity contribution in [3.63, 3.8) is 0 Å². The van der Waals surface area contributed by atoms with Crippen LogP contribution in [0.1, 0.15) is 24.5 Å². The first kappa shape index (κ1) is 9.77. The molecule has 16 heavy (non-hydrogen) atoms. The van der Waals surface area contributed by atoms with Crippen LogP contribution in [-0.4, -0.2) is 20.2 Å². The lowest BCUT2D eigenvalue weighted by Crippen LogP contribution is -1.94. The third kappa shape index (κ3) is 2.06. The van der Waals surface area contributed by atoms with Crippen LogP contribution in [0.25, 0.3) is 0 Å². The van der Waals surface area contributed by atoms with Crippen molar-refractivity contribution in [2.24, 2.45) is 0 Å². The quantitative estimate of drug-likeness (QED) is 0.848. The fourth-order valence-electron chi connectivity index (χ4n) is 1.54. The van der Waals surface area contributed by atoms with Crippen LogP contribution in [0, 0.1) is 0 Å². The van der Waals surface area contributed by atoms with Crippen molar-refractivity contribution in [2.45, 2.75) is 18.8 Å². The van der Waals surface area contributed by atoms with Crippen LogP contribution in [0.4, 0.5) is 11.6 Å². The van der Waals surface area contributed by atoms with E-state index in [0.717, 1.165) is 11.6 Å². The monoisotopic (exact) mass is 279 g/mol. The van der Waals surface area contributed by atoms with Crippen molar-refractivity contribution >= 4 is 27.6 Å². The minimum atomic E-state index is 0.565. The fourth-order valence-corrected chi connectivity index (χ4v) is 1.85. The summed E-state index contributed by atoms with van der Waals surface area (Å²) in [6.07, 6.45) is 4.22. The maximum atomic E-state index is 4.19. The van der Waals surface area contributed by atoms with Gasteiger partial charge in [-0.05, 0) is 34.8 Å². The van der Waals surface area contributed by atoms with Gasteiger partial charge in [-0.1, -0.05) is 0 Å². The van der Waals surface area contributed by atoms with Crippen molar-refractivity contribution < 1.29 is 0 Å². The number of anilines is 2. The molecule has 0 bridgehead atoms. The molecular weight excluding hydrogens is 270 g/mol.